The van der Waals surface area contributed by atoms with Gasteiger partial charge in [-0.2, -0.15) is 5.10 Å². The summed E-state index contributed by atoms with van der Waals surface area (Å²) in [4.78, 5) is 0. The van der Waals surface area contributed by atoms with E-state index in [4.69, 9.17) is 4.74 Å². The van der Waals surface area contributed by atoms with Crippen molar-refractivity contribution in [1.82, 2.24) is 10.2 Å². The predicted octanol–water partition coefficient (Wildman–Crippen LogP) is 1.24. The molecule has 54 valence electrons. The number of nitrogens with one attached hydrogen (secondary N) is 1. The van der Waals surface area contributed by atoms with E-state index < -0.39 is 0 Å². The largest absolute Gasteiger partial charge is 0.375 e. The van der Waals surface area contributed by atoms with Crippen molar-refractivity contribution in [2.45, 2.75) is 13.0 Å². The van der Waals surface area contributed by atoms with Gasteiger partial charge in [-0.3, -0.25) is 5.10 Å². The standard InChI is InChI=1S/C6H7BrN2O/c7-6-4-1-2-10-3-5(4)8-9-6/h1-3H2,(H,8,9). The summed E-state index contributed by atoms with van der Waals surface area (Å²) in [6, 6.07) is 0. The topological polar surface area (TPSA) is 37.9 Å². The maximum absolute atomic E-state index is 5.22. The summed E-state index contributed by atoms with van der Waals surface area (Å²) in [5, 5.41) is 6.91. The molecule has 0 saturated heterocycles. The molecular formula is C6H7BrN2O. The lowest BCUT2D eigenvalue weighted by atomic mass is 10.2. The van der Waals surface area contributed by atoms with Crippen LogP contribution in [-0.2, 0) is 17.8 Å². The van der Waals surface area contributed by atoms with Crippen LogP contribution in [0.15, 0.2) is 4.60 Å². The average Bonchev–Trinajstić information content (AvgIpc) is 2.34. The molecule has 4 heteroatoms. The second kappa shape index (κ2) is 2.36. The molecule has 0 amide bonds. The number of fused-ring (bicyclic) bond motifs is 1. The van der Waals surface area contributed by atoms with Crippen molar-refractivity contribution >= 4 is 15.9 Å². The van der Waals surface area contributed by atoms with Crippen molar-refractivity contribution in [2.75, 3.05) is 6.61 Å². The lowest BCUT2D eigenvalue weighted by Crippen LogP contribution is -2.08. The van der Waals surface area contributed by atoms with Gasteiger partial charge < -0.3 is 4.74 Å². The van der Waals surface area contributed by atoms with E-state index in [0.717, 1.165) is 23.3 Å². The van der Waals surface area contributed by atoms with Crippen molar-refractivity contribution in [3.8, 4) is 0 Å². The smallest absolute Gasteiger partial charge is 0.131 e. The number of rotatable bonds is 0. The van der Waals surface area contributed by atoms with E-state index in [9.17, 15) is 0 Å². The monoisotopic (exact) mass is 202 g/mol. The third-order valence-corrected chi connectivity index (χ3v) is 2.30. The first kappa shape index (κ1) is 6.37. The minimum absolute atomic E-state index is 0.675. The summed E-state index contributed by atoms with van der Waals surface area (Å²) < 4.78 is 6.15. The molecule has 1 aromatic rings. The first-order valence-corrected chi connectivity index (χ1v) is 3.96. The molecule has 0 spiro atoms. The molecule has 2 rings (SSSR count). The lowest BCUT2D eigenvalue weighted by Gasteiger charge is -2.10. The molecule has 0 atom stereocenters. The van der Waals surface area contributed by atoms with Gasteiger partial charge in [-0.05, 0) is 15.9 Å². The lowest BCUT2D eigenvalue weighted by molar-refractivity contribution is 0.108. The van der Waals surface area contributed by atoms with Gasteiger partial charge in [0.05, 0.1) is 18.9 Å². The number of aromatic nitrogens is 2. The Labute approximate surface area is 66.9 Å². The van der Waals surface area contributed by atoms with Crippen molar-refractivity contribution in [3.05, 3.63) is 15.9 Å². The van der Waals surface area contributed by atoms with E-state index in [0.29, 0.717) is 6.61 Å². The van der Waals surface area contributed by atoms with Gasteiger partial charge in [0, 0.05) is 12.0 Å². The van der Waals surface area contributed by atoms with Gasteiger partial charge in [0.25, 0.3) is 0 Å². The molecule has 0 radical (unpaired) electrons. The highest BCUT2D eigenvalue weighted by Gasteiger charge is 2.14. The number of ether oxygens (including phenoxy) is 1. The van der Waals surface area contributed by atoms with E-state index in [2.05, 4.69) is 26.1 Å². The second-order valence-electron chi connectivity index (χ2n) is 2.27. The van der Waals surface area contributed by atoms with Gasteiger partial charge in [0.15, 0.2) is 0 Å². The Morgan fingerprint density at radius 2 is 2.50 bits per heavy atom. The maximum Gasteiger partial charge on any atom is 0.131 e. The molecule has 0 unspecified atom stereocenters. The number of nitrogens with zero attached hydrogens (tertiary/aromatic N) is 1. The highest BCUT2D eigenvalue weighted by Crippen LogP contribution is 2.21. The van der Waals surface area contributed by atoms with E-state index in [-0.39, 0.29) is 0 Å². The predicted molar refractivity (Wildman–Crippen MR) is 39.6 cm³/mol. The molecule has 2 heterocycles. The number of hydrogen-bond acceptors (Lipinski definition) is 2. The van der Waals surface area contributed by atoms with Crippen LogP contribution in [0.5, 0.6) is 0 Å². The molecule has 0 aromatic carbocycles. The average molecular weight is 203 g/mol. The fourth-order valence-corrected chi connectivity index (χ4v) is 1.62. The Kier molecular flexibility index (Phi) is 1.50. The van der Waals surface area contributed by atoms with Crippen LogP contribution in [0.4, 0.5) is 0 Å². The molecule has 1 aliphatic heterocycles. The van der Waals surface area contributed by atoms with Gasteiger partial charge in [-0.25, -0.2) is 0 Å². The zero-order valence-corrected chi connectivity index (χ0v) is 6.94. The minimum atomic E-state index is 0.675. The normalized spacial score (nSPS) is 16.9. The number of hydrogen-bond donors (Lipinski definition) is 1. The Bertz CT molecular complexity index is 246. The Hall–Kier alpha value is -0.350. The maximum atomic E-state index is 5.22. The van der Waals surface area contributed by atoms with Crippen LogP contribution < -0.4 is 0 Å². The van der Waals surface area contributed by atoms with Crippen LogP contribution in [-0.4, -0.2) is 16.8 Å². The first-order valence-electron chi connectivity index (χ1n) is 3.17. The van der Waals surface area contributed by atoms with E-state index in [1.54, 1.807) is 0 Å². The van der Waals surface area contributed by atoms with Crippen LogP contribution in [0.3, 0.4) is 0 Å². The zero-order valence-electron chi connectivity index (χ0n) is 5.35. The van der Waals surface area contributed by atoms with Crippen molar-refractivity contribution in [3.63, 3.8) is 0 Å². The molecule has 1 aliphatic rings. The molecular weight excluding hydrogens is 196 g/mol. The molecule has 0 aliphatic carbocycles. The molecule has 0 bridgehead atoms. The van der Waals surface area contributed by atoms with Crippen LogP contribution in [0.25, 0.3) is 0 Å². The van der Waals surface area contributed by atoms with E-state index >= 15 is 0 Å². The quantitative estimate of drug-likeness (QED) is 0.688. The fourth-order valence-electron chi connectivity index (χ4n) is 1.10. The van der Waals surface area contributed by atoms with Gasteiger partial charge in [0.1, 0.15) is 4.60 Å². The third kappa shape index (κ3) is 0.876. The number of H-pyrrole nitrogens is 1. The third-order valence-electron chi connectivity index (χ3n) is 1.65. The molecule has 3 nitrogen and oxygen atoms in total. The van der Waals surface area contributed by atoms with Gasteiger partial charge >= 0.3 is 0 Å². The highest BCUT2D eigenvalue weighted by molar-refractivity contribution is 9.10. The highest BCUT2D eigenvalue weighted by atomic mass is 79.9. The minimum Gasteiger partial charge on any atom is -0.375 e. The number of aromatic amines is 1. The molecule has 10 heavy (non-hydrogen) atoms. The summed E-state index contributed by atoms with van der Waals surface area (Å²) in [6.07, 6.45) is 0.965. The first-order chi connectivity index (χ1) is 4.88. The SMILES string of the molecule is Brc1n[nH]c2c1CCOC2. The van der Waals surface area contributed by atoms with Crippen molar-refractivity contribution in [2.24, 2.45) is 0 Å². The molecule has 1 N–H and O–H groups in total. The van der Waals surface area contributed by atoms with Gasteiger partial charge in [-0.1, -0.05) is 0 Å². The van der Waals surface area contributed by atoms with Crippen LogP contribution in [0.1, 0.15) is 11.3 Å². The summed E-state index contributed by atoms with van der Waals surface area (Å²) >= 11 is 3.35. The Morgan fingerprint density at radius 1 is 1.60 bits per heavy atom. The van der Waals surface area contributed by atoms with Gasteiger partial charge in [0.2, 0.25) is 0 Å². The van der Waals surface area contributed by atoms with Crippen molar-refractivity contribution < 1.29 is 4.74 Å². The molecule has 0 fully saturated rings. The molecule has 1 aromatic heterocycles. The second-order valence-corrected chi connectivity index (χ2v) is 3.03. The summed E-state index contributed by atoms with van der Waals surface area (Å²) in [5.74, 6) is 0. The number of halogens is 1. The van der Waals surface area contributed by atoms with E-state index in [1.165, 1.54) is 5.56 Å². The molecule has 0 saturated carbocycles. The fraction of sp³-hybridized carbons (Fsp3) is 0.500. The summed E-state index contributed by atoms with van der Waals surface area (Å²) in [7, 11) is 0. The van der Waals surface area contributed by atoms with Crippen LogP contribution in [0.2, 0.25) is 0 Å². The summed E-state index contributed by atoms with van der Waals surface area (Å²) in [5.41, 5.74) is 2.38. The van der Waals surface area contributed by atoms with Crippen LogP contribution >= 0.6 is 15.9 Å². The van der Waals surface area contributed by atoms with Gasteiger partial charge in [-0.15, -0.1) is 0 Å². The Balaban J connectivity index is 2.45. The summed E-state index contributed by atoms with van der Waals surface area (Å²) in [6.45, 7) is 1.49. The van der Waals surface area contributed by atoms with E-state index in [1.807, 2.05) is 0 Å². The van der Waals surface area contributed by atoms with Crippen LogP contribution in [0, 0.1) is 0 Å². The zero-order chi connectivity index (χ0) is 6.97. The van der Waals surface area contributed by atoms with Crippen molar-refractivity contribution in [1.29, 1.82) is 0 Å². The Morgan fingerprint density at radius 3 is 3.30 bits per heavy atom.